The summed E-state index contributed by atoms with van der Waals surface area (Å²) in [5.74, 6) is -0.312. The van der Waals surface area contributed by atoms with E-state index in [0.29, 0.717) is 17.0 Å². The summed E-state index contributed by atoms with van der Waals surface area (Å²) in [6.07, 6.45) is 6.28. The Morgan fingerprint density at radius 1 is 1.48 bits per heavy atom. The Morgan fingerprint density at radius 2 is 2.19 bits per heavy atom. The molecule has 3 nitrogen and oxygen atoms in total. The van der Waals surface area contributed by atoms with Crippen LogP contribution in [0.2, 0.25) is 5.02 Å². The quantitative estimate of drug-likeness (QED) is 0.756. The molecule has 0 bridgehead atoms. The lowest BCUT2D eigenvalue weighted by Crippen LogP contribution is -2.28. The van der Waals surface area contributed by atoms with E-state index < -0.39 is 5.97 Å². The molecule has 0 aromatic heterocycles. The molecule has 0 atom stereocenters. The van der Waals surface area contributed by atoms with Gasteiger partial charge in [-0.25, -0.2) is 4.79 Å². The van der Waals surface area contributed by atoms with Crippen LogP contribution < -0.4 is 4.90 Å². The van der Waals surface area contributed by atoms with E-state index in [0.717, 1.165) is 24.2 Å². The number of aliphatic carboxylic acids is 1. The third-order valence-corrected chi connectivity index (χ3v) is 3.95. The summed E-state index contributed by atoms with van der Waals surface area (Å²) < 4.78 is 0. The van der Waals surface area contributed by atoms with E-state index in [4.69, 9.17) is 16.7 Å². The van der Waals surface area contributed by atoms with Crippen molar-refractivity contribution in [2.24, 2.45) is 5.92 Å². The minimum Gasteiger partial charge on any atom is -0.478 e. The fraction of sp³-hybridized carbons (Fsp3) is 0.471. The van der Waals surface area contributed by atoms with Gasteiger partial charge in [0.1, 0.15) is 0 Å². The van der Waals surface area contributed by atoms with Crippen LogP contribution in [0.1, 0.15) is 38.7 Å². The highest BCUT2D eigenvalue weighted by Crippen LogP contribution is 2.38. The maximum Gasteiger partial charge on any atom is 0.328 e. The Hall–Kier alpha value is -1.48. The van der Waals surface area contributed by atoms with Crippen LogP contribution in [-0.2, 0) is 4.79 Å². The van der Waals surface area contributed by atoms with Crippen molar-refractivity contribution in [2.45, 2.75) is 39.2 Å². The number of hydrogen-bond acceptors (Lipinski definition) is 2. The summed E-state index contributed by atoms with van der Waals surface area (Å²) in [4.78, 5) is 13.1. The first-order valence-corrected chi connectivity index (χ1v) is 7.83. The number of carboxylic acids is 1. The van der Waals surface area contributed by atoms with Gasteiger partial charge >= 0.3 is 5.97 Å². The van der Waals surface area contributed by atoms with Gasteiger partial charge in [0.05, 0.1) is 10.7 Å². The van der Waals surface area contributed by atoms with Gasteiger partial charge in [-0.2, -0.15) is 0 Å². The maximum atomic E-state index is 10.8. The van der Waals surface area contributed by atoms with Gasteiger partial charge in [0, 0.05) is 18.7 Å². The number of para-hydroxylation sites is 1. The van der Waals surface area contributed by atoms with E-state index >= 15 is 0 Å². The average Bonchev–Trinajstić information content (AvgIpc) is 3.23. The molecular weight excluding hydrogens is 286 g/mol. The van der Waals surface area contributed by atoms with Crippen molar-refractivity contribution >= 4 is 29.3 Å². The van der Waals surface area contributed by atoms with Crippen LogP contribution in [0.25, 0.3) is 6.08 Å². The molecule has 1 aliphatic carbocycles. The van der Waals surface area contributed by atoms with Crippen LogP contribution in [0.3, 0.4) is 0 Å². The highest BCUT2D eigenvalue weighted by Gasteiger charge is 2.31. The highest BCUT2D eigenvalue weighted by molar-refractivity contribution is 6.33. The minimum absolute atomic E-state index is 0.542. The fourth-order valence-electron chi connectivity index (χ4n) is 2.39. The number of halogens is 1. The van der Waals surface area contributed by atoms with Gasteiger partial charge in [0.2, 0.25) is 0 Å². The molecule has 1 saturated carbocycles. The fourth-order valence-corrected chi connectivity index (χ4v) is 2.68. The third kappa shape index (κ3) is 4.50. The molecule has 0 heterocycles. The van der Waals surface area contributed by atoms with Gasteiger partial charge in [-0.05, 0) is 42.9 Å². The van der Waals surface area contributed by atoms with E-state index in [1.54, 1.807) is 6.08 Å². The Morgan fingerprint density at radius 3 is 2.76 bits per heavy atom. The lowest BCUT2D eigenvalue weighted by atomic mass is 10.1. The lowest BCUT2D eigenvalue weighted by molar-refractivity contribution is -0.131. The van der Waals surface area contributed by atoms with Crippen LogP contribution in [0.4, 0.5) is 5.69 Å². The van der Waals surface area contributed by atoms with Crippen molar-refractivity contribution in [3.8, 4) is 0 Å². The van der Waals surface area contributed by atoms with Gasteiger partial charge in [-0.1, -0.05) is 37.6 Å². The van der Waals surface area contributed by atoms with Gasteiger partial charge < -0.3 is 10.0 Å². The number of carbonyl (C=O) groups is 1. The monoisotopic (exact) mass is 307 g/mol. The van der Waals surface area contributed by atoms with Crippen molar-refractivity contribution < 1.29 is 9.90 Å². The predicted octanol–water partition coefficient (Wildman–Crippen LogP) is 4.45. The van der Waals surface area contributed by atoms with Crippen LogP contribution >= 0.6 is 11.6 Å². The second kappa shape index (κ2) is 6.99. The number of nitrogens with zero attached hydrogens (tertiary/aromatic N) is 1. The highest BCUT2D eigenvalue weighted by atomic mass is 35.5. The van der Waals surface area contributed by atoms with Crippen molar-refractivity contribution in [3.05, 3.63) is 34.9 Å². The summed E-state index contributed by atoms with van der Waals surface area (Å²) in [5.41, 5.74) is 1.85. The summed E-state index contributed by atoms with van der Waals surface area (Å²) in [5, 5.41) is 9.53. The molecule has 1 N–H and O–H groups in total. The summed E-state index contributed by atoms with van der Waals surface area (Å²) in [7, 11) is 0. The molecule has 1 aromatic rings. The van der Waals surface area contributed by atoms with Gasteiger partial charge in [0.25, 0.3) is 0 Å². The Balaban J connectivity index is 2.31. The summed E-state index contributed by atoms with van der Waals surface area (Å²) in [6.45, 7) is 5.38. The molecular formula is C17H22ClNO2. The average molecular weight is 308 g/mol. The van der Waals surface area contributed by atoms with Crippen LogP contribution in [0, 0.1) is 5.92 Å². The van der Waals surface area contributed by atoms with Crippen LogP contribution in [0.5, 0.6) is 0 Å². The zero-order valence-corrected chi connectivity index (χ0v) is 13.3. The standard InChI is InChI=1S/C17H22ClNO2/c1-12(2)10-11-19(14-7-8-14)17-13(6-9-16(20)21)4-3-5-15(17)18/h3-6,9,12,14H,7-8,10-11H2,1-2H3,(H,20,21)/b9-6+. The van der Waals surface area contributed by atoms with E-state index in [1.165, 1.54) is 18.9 Å². The van der Waals surface area contributed by atoms with Gasteiger partial charge in [0.15, 0.2) is 0 Å². The van der Waals surface area contributed by atoms with Crippen molar-refractivity contribution in [2.75, 3.05) is 11.4 Å². The summed E-state index contributed by atoms with van der Waals surface area (Å²) >= 11 is 6.40. The van der Waals surface area contributed by atoms with Crippen molar-refractivity contribution in [1.82, 2.24) is 0 Å². The molecule has 0 aliphatic heterocycles. The molecule has 2 rings (SSSR count). The Labute approximate surface area is 131 Å². The SMILES string of the molecule is CC(C)CCN(c1c(Cl)cccc1/C=C/C(=O)O)C1CC1. The smallest absolute Gasteiger partial charge is 0.328 e. The van der Waals surface area contributed by atoms with E-state index in [-0.39, 0.29) is 0 Å². The molecule has 0 amide bonds. The first kappa shape index (κ1) is 15.9. The van der Waals surface area contributed by atoms with E-state index in [9.17, 15) is 4.79 Å². The van der Waals surface area contributed by atoms with Crippen molar-refractivity contribution in [1.29, 1.82) is 0 Å². The minimum atomic E-state index is -0.943. The number of benzene rings is 1. The van der Waals surface area contributed by atoms with Gasteiger partial charge in [-0.3, -0.25) is 0 Å². The first-order valence-electron chi connectivity index (χ1n) is 7.45. The lowest BCUT2D eigenvalue weighted by Gasteiger charge is -2.28. The zero-order chi connectivity index (χ0) is 15.4. The number of anilines is 1. The molecule has 0 unspecified atom stereocenters. The largest absolute Gasteiger partial charge is 0.478 e. The van der Waals surface area contributed by atoms with E-state index in [2.05, 4.69) is 18.7 Å². The predicted molar refractivity (Wildman–Crippen MR) is 87.9 cm³/mol. The molecule has 1 fully saturated rings. The number of rotatable bonds is 7. The summed E-state index contributed by atoms with van der Waals surface area (Å²) in [6, 6.07) is 6.20. The molecule has 114 valence electrons. The first-order chi connectivity index (χ1) is 9.99. The molecule has 4 heteroatoms. The Bertz CT molecular complexity index is 536. The number of carboxylic acid groups (broad SMARTS) is 1. The molecule has 0 spiro atoms. The van der Waals surface area contributed by atoms with Crippen molar-refractivity contribution in [3.63, 3.8) is 0 Å². The topological polar surface area (TPSA) is 40.5 Å². The molecule has 0 saturated heterocycles. The van der Waals surface area contributed by atoms with Crippen LogP contribution in [-0.4, -0.2) is 23.7 Å². The second-order valence-electron chi connectivity index (χ2n) is 5.96. The second-order valence-corrected chi connectivity index (χ2v) is 6.36. The Kier molecular flexibility index (Phi) is 5.29. The van der Waals surface area contributed by atoms with E-state index in [1.807, 2.05) is 18.2 Å². The molecule has 0 radical (unpaired) electrons. The normalized spacial score (nSPS) is 14.9. The molecule has 21 heavy (non-hydrogen) atoms. The maximum absolute atomic E-state index is 10.8. The van der Waals surface area contributed by atoms with Gasteiger partial charge in [-0.15, -0.1) is 0 Å². The number of hydrogen-bond donors (Lipinski definition) is 1. The molecule has 1 aromatic carbocycles. The zero-order valence-electron chi connectivity index (χ0n) is 12.6. The van der Waals surface area contributed by atoms with Crippen LogP contribution in [0.15, 0.2) is 24.3 Å². The molecule has 1 aliphatic rings. The third-order valence-electron chi connectivity index (χ3n) is 3.65.